The monoisotopic (exact) mass is 287 g/mol. The van der Waals surface area contributed by atoms with Gasteiger partial charge in [-0.1, -0.05) is 19.3 Å². The third-order valence-electron chi connectivity index (χ3n) is 4.71. The lowest BCUT2D eigenvalue weighted by Crippen LogP contribution is -2.39. The lowest BCUT2D eigenvalue weighted by Gasteiger charge is -2.26. The summed E-state index contributed by atoms with van der Waals surface area (Å²) in [4.78, 5) is 0. The third kappa shape index (κ3) is 3.31. The molecule has 5 heteroatoms. The topological polar surface area (TPSA) is 46.6 Å². The minimum absolute atomic E-state index is 0.122. The Morgan fingerprint density at radius 1 is 1.00 bits per heavy atom. The first kappa shape index (κ1) is 13.8. The second kappa shape index (κ2) is 5.70. The van der Waals surface area contributed by atoms with Gasteiger partial charge in [-0.2, -0.15) is 4.31 Å². The molecule has 1 unspecified atom stereocenters. The fourth-order valence-electron chi connectivity index (χ4n) is 3.20. The summed E-state index contributed by atoms with van der Waals surface area (Å²) in [5.74, 6) is 0.754. The second-order valence-electron chi connectivity index (χ2n) is 6.35. The maximum absolute atomic E-state index is 12.6. The molecule has 3 rings (SSSR count). The van der Waals surface area contributed by atoms with Gasteiger partial charge in [-0.15, -0.1) is 0 Å². The first-order valence-electron chi connectivity index (χ1n) is 7.77. The Kier molecular flexibility index (Phi) is 4.15. The number of sulfonamides is 1. The van der Waals surface area contributed by atoms with E-state index in [4.69, 9.17) is 4.74 Å². The number of ether oxygens (including phenoxy) is 1. The van der Waals surface area contributed by atoms with Crippen LogP contribution in [0.2, 0.25) is 0 Å². The van der Waals surface area contributed by atoms with Crippen LogP contribution in [0.4, 0.5) is 0 Å². The van der Waals surface area contributed by atoms with Crippen LogP contribution in [0.5, 0.6) is 0 Å². The molecule has 110 valence electrons. The first-order valence-corrected chi connectivity index (χ1v) is 9.27. The van der Waals surface area contributed by atoms with Gasteiger partial charge in [0.25, 0.3) is 0 Å². The lowest BCUT2D eigenvalue weighted by atomic mass is 10.0. The standard InChI is InChI=1S/C14H25NO3S/c16-19(17,14-4-2-1-3-5-14)15-9-8-13(10-15)18-11-12-6-7-12/h12-14H,1-11H2. The van der Waals surface area contributed by atoms with Crippen LogP contribution >= 0.6 is 0 Å². The van der Waals surface area contributed by atoms with Gasteiger partial charge in [0, 0.05) is 19.7 Å². The smallest absolute Gasteiger partial charge is 0.217 e. The molecule has 1 saturated heterocycles. The fourth-order valence-corrected chi connectivity index (χ4v) is 5.28. The van der Waals surface area contributed by atoms with Crippen molar-refractivity contribution in [2.75, 3.05) is 19.7 Å². The van der Waals surface area contributed by atoms with E-state index in [1.807, 2.05) is 0 Å². The second-order valence-corrected chi connectivity index (χ2v) is 8.56. The van der Waals surface area contributed by atoms with E-state index in [2.05, 4.69) is 0 Å². The van der Waals surface area contributed by atoms with E-state index in [1.165, 1.54) is 19.3 Å². The van der Waals surface area contributed by atoms with Crippen molar-refractivity contribution in [3.8, 4) is 0 Å². The van der Waals surface area contributed by atoms with Crippen molar-refractivity contribution in [1.82, 2.24) is 4.31 Å². The average Bonchev–Trinajstić information content (AvgIpc) is 3.13. The lowest BCUT2D eigenvalue weighted by molar-refractivity contribution is 0.0560. The average molecular weight is 287 g/mol. The zero-order valence-corrected chi connectivity index (χ0v) is 12.4. The van der Waals surface area contributed by atoms with E-state index in [0.29, 0.717) is 13.1 Å². The molecule has 0 N–H and O–H groups in total. The summed E-state index contributed by atoms with van der Waals surface area (Å²) in [6.07, 6.45) is 8.63. The van der Waals surface area contributed by atoms with Crippen LogP contribution in [0.3, 0.4) is 0 Å². The zero-order valence-electron chi connectivity index (χ0n) is 11.6. The highest BCUT2D eigenvalue weighted by atomic mass is 32.2. The Morgan fingerprint density at radius 2 is 1.74 bits per heavy atom. The van der Waals surface area contributed by atoms with Gasteiger partial charge >= 0.3 is 0 Å². The van der Waals surface area contributed by atoms with Gasteiger partial charge in [0.05, 0.1) is 11.4 Å². The molecule has 2 aliphatic carbocycles. The predicted octanol–water partition coefficient (Wildman–Crippen LogP) is 2.15. The molecule has 3 aliphatic rings. The van der Waals surface area contributed by atoms with Gasteiger partial charge in [-0.05, 0) is 38.0 Å². The molecule has 2 saturated carbocycles. The molecule has 0 aromatic heterocycles. The Balaban J connectivity index is 1.53. The minimum Gasteiger partial charge on any atom is -0.377 e. The van der Waals surface area contributed by atoms with Crippen molar-refractivity contribution < 1.29 is 13.2 Å². The molecule has 1 heterocycles. The molecule has 1 atom stereocenters. The van der Waals surface area contributed by atoms with E-state index in [-0.39, 0.29) is 11.4 Å². The van der Waals surface area contributed by atoms with E-state index in [1.54, 1.807) is 4.31 Å². The van der Waals surface area contributed by atoms with Gasteiger partial charge in [-0.3, -0.25) is 0 Å². The SMILES string of the molecule is O=S(=O)(C1CCCCC1)N1CCC(OCC2CC2)C1. The molecule has 0 spiro atoms. The molecule has 0 aromatic carbocycles. The molecular weight excluding hydrogens is 262 g/mol. The van der Waals surface area contributed by atoms with Gasteiger partial charge in [0.15, 0.2) is 0 Å². The third-order valence-corrected chi connectivity index (χ3v) is 7.07. The molecule has 0 amide bonds. The summed E-state index contributed by atoms with van der Waals surface area (Å²) in [5.41, 5.74) is 0. The van der Waals surface area contributed by atoms with Crippen molar-refractivity contribution >= 4 is 10.0 Å². The van der Waals surface area contributed by atoms with Crippen molar-refractivity contribution in [3.05, 3.63) is 0 Å². The summed E-state index contributed by atoms with van der Waals surface area (Å²) in [6, 6.07) is 0. The maximum Gasteiger partial charge on any atom is 0.217 e. The Hall–Kier alpha value is -0.130. The molecular formula is C14H25NO3S. The highest BCUT2D eigenvalue weighted by molar-refractivity contribution is 7.89. The summed E-state index contributed by atoms with van der Waals surface area (Å²) in [5, 5.41) is -0.122. The van der Waals surface area contributed by atoms with Crippen LogP contribution in [0.1, 0.15) is 51.4 Å². The van der Waals surface area contributed by atoms with Crippen molar-refractivity contribution in [2.45, 2.75) is 62.7 Å². The Bertz CT molecular complexity index is 399. The van der Waals surface area contributed by atoms with Gasteiger partial charge in [-0.25, -0.2) is 8.42 Å². The van der Waals surface area contributed by atoms with Crippen molar-refractivity contribution in [2.24, 2.45) is 5.92 Å². The summed E-state index contributed by atoms with van der Waals surface area (Å²) in [6.45, 7) is 2.09. The molecule has 3 fully saturated rings. The zero-order chi connectivity index (χ0) is 13.3. The van der Waals surface area contributed by atoms with Gasteiger partial charge in [0.2, 0.25) is 10.0 Å². The van der Waals surface area contributed by atoms with Gasteiger partial charge < -0.3 is 4.74 Å². The summed E-state index contributed by atoms with van der Waals surface area (Å²) in [7, 11) is -3.06. The summed E-state index contributed by atoms with van der Waals surface area (Å²) < 4.78 is 32.6. The van der Waals surface area contributed by atoms with Crippen LogP contribution in [-0.4, -0.2) is 43.8 Å². The summed E-state index contributed by atoms with van der Waals surface area (Å²) >= 11 is 0. The molecule has 0 aromatic rings. The van der Waals surface area contributed by atoms with Crippen LogP contribution < -0.4 is 0 Å². The quantitative estimate of drug-likeness (QED) is 0.778. The van der Waals surface area contributed by atoms with Crippen LogP contribution in [0.25, 0.3) is 0 Å². The number of hydrogen-bond donors (Lipinski definition) is 0. The molecule has 19 heavy (non-hydrogen) atoms. The molecule has 0 bridgehead atoms. The molecule has 4 nitrogen and oxygen atoms in total. The Morgan fingerprint density at radius 3 is 2.42 bits per heavy atom. The molecule has 1 aliphatic heterocycles. The van der Waals surface area contributed by atoms with Crippen LogP contribution in [0, 0.1) is 5.92 Å². The minimum atomic E-state index is -3.06. The van der Waals surface area contributed by atoms with E-state index < -0.39 is 10.0 Å². The Labute approximate surface area is 116 Å². The maximum atomic E-state index is 12.6. The number of rotatable bonds is 5. The van der Waals surface area contributed by atoms with E-state index >= 15 is 0 Å². The van der Waals surface area contributed by atoms with Crippen LogP contribution in [-0.2, 0) is 14.8 Å². The van der Waals surface area contributed by atoms with E-state index in [9.17, 15) is 8.42 Å². The predicted molar refractivity (Wildman–Crippen MR) is 74.4 cm³/mol. The van der Waals surface area contributed by atoms with Crippen LogP contribution in [0.15, 0.2) is 0 Å². The fraction of sp³-hybridized carbons (Fsp3) is 1.00. The van der Waals surface area contributed by atoms with Gasteiger partial charge in [0.1, 0.15) is 0 Å². The highest BCUT2D eigenvalue weighted by Gasteiger charge is 2.38. The van der Waals surface area contributed by atoms with E-state index in [0.717, 1.165) is 44.6 Å². The van der Waals surface area contributed by atoms with Crippen molar-refractivity contribution in [3.63, 3.8) is 0 Å². The number of hydrogen-bond acceptors (Lipinski definition) is 3. The normalized spacial score (nSPS) is 30.8. The molecule has 0 radical (unpaired) electrons. The largest absolute Gasteiger partial charge is 0.377 e. The first-order chi connectivity index (χ1) is 9.16. The number of nitrogens with zero attached hydrogens (tertiary/aromatic N) is 1. The highest BCUT2D eigenvalue weighted by Crippen LogP contribution is 2.31. The van der Waals surface area contributed by atoms with Crippen molar-refractivity contribution in [1.29, 1.82) is 0 Å².